The molecule has 0 radical (unpaired) electrons. The van der Waals surface area contributed by atoms with Gasteiger partial charge in [-0.15, -0.1) is 0 Å². The Labute approximate surface area is 107 Å². The van der Waals surface area contributed by atoms with E-state index < -0.39 is 22.8 Å². The monoisotopic (exact) mass is 297 g/mol. The zero-order chi connectivity index (χ0) is 14.1. The third kappa shape index (κ3) is 3.58. The van der Waals surface area contributed by atoms with Gasteiger partial charge in [-0.2, -0.15) is 13.2 Å². The standard InChI is InChI=1S/C10H10F3NO4S/c11-10(12,13)6-18-14-19(15,16)8-1-2-9-7(5-8)3-4-17-9/h1-2,5,14H,3-4,6H2. The summed E-state index contributed by atoms with van der Waals surface area (Å²) in [7, 11) is -4.13. The highest BCUT2D eigenvalue weighted by Gasteiger charge is 2.29. The minimum absolute atomic E-state index is 0.168. The summed E-state index contributed by atoms with van der Waals surface area (Å²) < 4.78 is 64.1. The summed E-state index contributed by atoms with van der Waals surface area (Å²) in [6.45, 7) is -1.24. The Morgan fingerprint density at radius 1 is 1.37 bits per heavy atom. The maximum absolute atomic E-state index is 11.8. The van der Waals surface area contributed by atoms with Crippen LogP contribution in [0.4, 0.5) is 13.2 Å². The molecular weight excluding hydrogens is 287 g/mol. The molecule has 0 unspecified atom stereocenters. The Bertz CT molecular complexity index is 571. The maximum Gasteiger partial charge on any atom is 0.413 e. The molecule has 0 amide bonds. The van der Waals surface area contributed by atoms with Crippen LogP contribution in [0.1, 0.15) is 5.56 Å². The van der Waals surface area contributed by atoms with E-state index in [9.17, 15) is 21.6 Å². The van der Waals surface area contributed by atoms with E-state index in [-0.39, 0.29) is 4.90 Å². The summed E-state index contributed by atoms with van der Waals surface area (Å²) in [5.74, 6) is 0.579. The summed E-state index contributed by atoms with van der Waals surface area (Å²) in [6, 6.07) is 4.05. The first-order valence-corrected chi connectivity index (χ1v) is 6.72. The van der Waals surface area contributed by atoms with Gasteiger partial charge in [0.15, 0.2) is 6.61 Å². The second-order valence-electron chi connectivity index (χ2n) is 3.86. The first-order valence-electron chi connectivity index (χ1n) is 5.24. The van der Waals surface area contributed by atoms with Crippen molar-refractivity contribution in [3.8, 4) is 5.75 Å². The lowest BCUT2D eigenvalue weighted by Crippen LogP contribution is -2.29. The topological polar surface area (TPSA) is 64.6 Å². The summed E-state index contributed by atoms with van der Waals surface area (Å²) in [5, 5.41) is 0. The molecule has 0 aromatic heterocycles. The Kier molecular flexibility index (Phi) is 3.70. The van der Waals surface area contributed by atoms with Crippen LogP contribution < -0.4 is 9.62 Å². The molecule has 0 saturated carbocycles. The number of ether oxygens (including phenoxy) is 1. The van der Waals surface area contributed by atoms with Crippen molar-refractivity contribution in [2.75, 3.05) is 13.2 Å². The van der Waals surface area contributed by atoms with Gasteiger partial charge in [0.05, 0.1) is 11.5 Å². The smallest absolute Gasteiger partial charge is 0.413 e. The highest BCUT2D eigenvalue weighted by molar-refractivity contribution is 7.89. The molecule has 0 atom stereocenters. The SMILES string of the molecule is O=S(=O)(NOCC(F)(F)F)c1ccc2c(c1)CCO2. The molecule has 1 aliphatic heterocycles. The predicted octanol–water partition coefficient (Wildman–Crippen LogP) is 1.39. The van der Waals surface area contributed by atoms with Crippen molar-refractivity contribution in [3.63, 3.8) is 0 Å². The van der Waals surface area contributed by atoms with Crippen LogP contribution >= 0.6 is 0 Å². The first kappa shape index (κ1) is 14.1. The molecule has 1 aliphatic rings. The minimum atomic E-state index is -4.60. The van der Waals surface area contributed by atoms with Crippen LogP contribution in [0.15, 0.2) is 23.1 Å². The molecule has 5 nitrogen and oxygen atoms in total. The normalized spacial score (nSPS) is 15.1. The van der Waals surface area contributed by atoms with Crippen LogP contribution in [0.5, 0.6) is 5.75 Å². The van der Waals surface area contributed by atoms with Crippen LogP contribution in [-0.4, -0.2) is 27.8 Å². The number of fused-ring (bicyclic) bond motifs is 1. The fourth-order valence-electron chi connectivity index (χ4n) is 1.57. The molecule has 0 fully saturated rings. The third-order valence-corrected chi connectivity index (χ3v) is 3.59. The van der Waals surface area contributed by atoms with E-state index in [4.69, 9.17) is 4.74 Å². The fraction of sp³-hybridized carbons (Fsp3) is 0.400. The maximum atomic E-state index is 11.8. The van der Waals surface area contributed by atoms with E-state index in [0.29, 0.717) is 24.3 Å². The average molecular weight is 297 g/mol. The van der Waals surface area contributed by atoms with Crippen molar-refractivity contribution in [1.29, 1.82) is 0 Å². The van der Waals surface area contributed by atoms with Gasteiger partial charge < -0.3 is 4.74 Å². The zero-order valence-electron chi connectivity index (χ0n) is 9.53. The van der Waals surface area contributed by atoms with Gasteiger partial charge >= 0.3 is 6.18 Å². The van der Waals surface area contributed by atoms with Crippen molar-refractivity contribution in [2.24, 2.45) is 0 Å². The van der Waals surface area contributed by atoms with E-state index in [0.717, 1.165) is 0 Å². The Hall–Kier alpha value is -1.32. The number of alkyl halides is 3. The number of rotatable bonds is 4. The second kappa shape index (κ2) is 4.99. The lowest BCUT2D eigenvalue weighted by Gasteiger charge is -2.09. The molecule has 1 heterocycles. The molecule has 19 heavy (non-hydrogen) atoms. The van der Waals surface area contributed by atoms with Crippen molar-refractivity contribution in [3.05, 3.63) is 23.8 Å². The Balaban J connectivity index is 2.07. The number of hydrogen-bond acceptors (Lipinski definition) is 4. The minimum Gasteiger partial charge on any atom is -0.493 e. The molecule has 0 saturated heterocycles. The summed E-state index contributed by atoms with van der Waals surface area (Å²) >= 11 is 0. The fourth-order valence-corrected chi connectivity index (χ4v) is 2.42. The molecule has 1 N–H and O–H groups in total. The van der Waals surface area contributed by atoms with Gasteiger partial charge in [-0.3, -0.25) is 4.84 Å². The lowest BCUT2D eigenvalue weighted by atomic mass is 10.2. The largest absolute Gasteiger partial charge is 0.493 e. The molecule has 9 heteroatoms. The molecule has 0 aliphatic carbocycles. The van der Waals surface area contributed by atoms with Gasteiger partial charge in [0.1, 0.15) is 5.75 Å². The van der Waals surface area contributed by atoms with Gasteiger partial charge in [-0.25, -0.2) is 8.42 Å². The van der Waals surface area contributed by atoms with E-state index in [1.165, 1.54) is 23.1 Å². The van der Waals surface area contributed by atoms with Crippen LogP contribution in [-0.2, 0) is 21.3 Å². The molecule has 1 aromatic carbocycles. The van der Waals surface area contributed by atoms with Gasteiger partial charge in [-0.1, -0.05) is 4.89 Å². The number of halogens is 3. The average Bonchev–Trinajstić information content (AvgIpc) is 2.73. The zero-order valence-corrected chi connectivity index (χ0v) is 10.3. The Morgan fingerprint density at radius 2 is 2.11 bits per heavy atom. The second-order valence-corrected chi connectivity index (χ2v) is 5.50. The quantitative estimate of drug-likeness (QED) is 0.853. The number of nitrogens with one attached hydrogen (secondary N) is 1. The van der Waals surface area contributed by atoms with Crippen LogP contribution in [0, 0.1) is 0 Å². The third-order valence-electron chi connectivity index (χ3n) is 2.38. The number of benzene rings is 1. The Morgan fingerprint density at radius 3 is 2.79 bits per heavy atom. The van der Waals surface area contributed by atoms with Crippen molar-refractivity contribution in [2.45, 2.75) is 17.5 Å². The number of sulfonamides is 1. The highest BCUT2D eigenvalue weighted by atomic mass is 32.2. The van der Waals surface area contributed by atoms with Crippen molar-refractivity contribution < 1.29 is 31.2 Å². The van der Waals surface area contributed by atoms with E-state index in [2.05, 4.69) is 4.84 Å². The summed E-state index contributed by atoms with van der Waals surface area (Å²) in [6.07, 6.45) is -4.05. The number of hydrogen-bond donors (Lipinski definition) is 1. The van der Waals surface area contributed by atoms with Crippen LogP contribution in [0.2, 0.25) is 0 Å². The highest BCUT2D eigenvalue weighted by Crippen LogP contribution is 2.27. The van der Waals surface area contributed by atoms with Gasteiger partial charge in [0.2, 0.25) is 0 Å². The first-order chi connectivity index (χ1) is 8.78. The lowest BCUT2D eigenvalue weighted by molar-refractivity contribution is -0.181. The summed E-state index contributed by atoms with van der Waals surface area (Å²) in [5.41, 5.74) is 0.693. The summed E-state index contributed by atoms with van der Waals surface area (Å²) in [4.78, 5) is 5.21. The van der Waals surface area contributed by atoms with E-state index in [1.807, 2.05) is 0 Å². The van der Waals surface area contributed by atoms with Gasteiger partial charge in [0, 0.05) is 6.42 Å². The van der Waals surface area contributed by atoms with E-state index >= 15 is 0 Å². The van der Waals surface area contributed by atoms with Crippen molar-refractivity contribution in [1.82, 2.24) is 4.89 Å². The van der Waals surface area contributed by atoms with Gasteiger partial charge in [-0.05, 0) is 23.8 Å². The van der Waals surface area contributed by atoms with E-state index in [1.54, 1.807) is 0 Å². The van der Waals surface area contributed by atoms with Crippen LogP contribution in [0.3, 0.4) is 0 Å². The molecule has 2 rings (SSSR count). The molecular formula is C10H10F3NO4S. The molecule has 0 bridgehead atoms. The predicted molar refractivity (Wildman–Crippen MR) is 58.0 cm³/mol. The molecule has 106 valence electrons. The van der Waals surface area contributed by atoms with Crippen molar-refractivity contribution >= 4 is 10.0 Å². The van der Waals surface area contributed by atoms with Crippen LogP contribution in [0.25, 0.3) is 0 Å². The molecule has 0 spiro atoms. The van der Waals surface area contributed by atoms with Gasteiger partial charge in [0.25, 0.3) is 10.0 Å². The molecule has 1 aromatic rings.